The van der Waals surface area contributed by atoms with E-state index in [9.17, 15) is 4.79 Å². The second-order valence-corrected chi connectivity index (χ2v) is 6.50. The summed E-state index contributed by atoms with van der Waals surface area (Å²) >= 11 is 0. The smallest absolute Gasteiger partial charge is 0.253 e. The van der Waals surface area contributed by atoms with Crippen LogP contribution in [0.15, 0.2) is 30.3 Å². The van der Waals surface area contributed by atoms with Gasteiger partial charge in [0.25, 0.3) is 5.91 Å². The first-order valence-corrected chi connectivity index (χ1v) is 8.16. The van der Waals surface area contributed by atoms with Crippen molar-refractivity contribution in [3.63, 3.8) is 0 Å². The summed E-state index contributed by atoms with van der Waals surface area (Å²) in [4.78, 5) is 14.6. The second-order valence-electron chi connectivity index (χ2n) is 6.50. The lowest BCUT2D eigenvalue weighted by Crippen LogP contribution is -2.50. The van der Waals surface area contributed by atoms with Crippen molar-refractivity contribution in [3.8, 4) is 0 Å². The van der Waals surface area contributed by atoms with E-state index < -0.39 is 0 Å². The minimum Gasteiger partial charge on any atom is -0.384 e. The Labute approximate surface area is 132 Å². The number of benzene rings is 1. The van der Waals surface area contributed by atoms with Crippen LogP contribution < -0.4 is 0 Å². The fourth-order valence-corrected chi connectivity index (χ4v) is 3.88. The zero-order chi connectivity index (χ0) is 15.4. The molecule has 2 aliphatic heterocycles. The predicted octanol–water partition coefficient (Wildman–Crippen LogP) is 2.59. The van der Waals surface area contributed by atoms with Gasteiger partial charge in [0.1, 0.15) is 0 Å². The van der Waals surface area contributed by atoms with Gasteiger partial charge in [-0.25, -0.2) is 0 Å². The van der Waals surface area contributed by atoms with Crippen molar-refractivity contribution in [2.75, 3.05) is 40.0 Å². The molecule has 1 spiro atoms. The molecule has 0 saturated carbocycles. The van der Waals surface area contributed by atoms with E-state index in [1.807, 2.05) is 35.2 Å². The monoisotopic (exact) mass is 303 g/mol. The van der Waals surface area contributed by atoms with Gasteiger partial charge >= 0.3 is 0 Å². The standard InChI is InChI=1S/C18H25NO3/c1-21-13-16-14-22-12-9-18(16)7-10-19(11-8-18)17(20)15-5-3-2-4-6-15/h2-6,16H,7-14H2,1H3/t16-/m1/s1. The van der Waals surface area contributed by atoms with Crippen molar-refractivity contribution in [2.24, 2.45) is 11.3 Å². The maximum atomic E-state index is 12.6. The predicted molar refractivity (Wildman–Crippen MR) is 84.8 cm³/mol. The Kier molecular flexibility index (Phi) is 4.79. The number of piperidine rings is 1. The Hall–Kier alpha value is -1.39. The van der Waals surface area contributed by atoms with Crippen LogP contribution in [0.3, 0.4) is 0 Å². The van der Waals surface area contributed by atoms with E-state index in [0.717, 1.165) is 57.7 Å². The first-order valence-electron chi connectivity index (χ1n) is 8.16. The quantitative estimate of drug-likeness (QED) is 0.861. The number of carbonyl (C=O) groups is 1. The molecule has 0 radical (unpaired) electrons. The molecule has 1 amide bonds. The van der Waals surface area contributed by atoms with Crippen molar-refractivity contribution >= 4 is 5.91 Å². The molecule has 1 aromatic rings. The summed E-state index contributed by atoms with van der Waals surface area (Å²) in [5.74, 6) is 0.617. The van der Waals surface area contributed by atoms with Crippen LogP contribution in [0.5, 0.6) is 0 Å². The van der Waals surface area contributed by atoms with Gasteiger partial charge in [-0.1, -0.05) is 18.2 Å². The molecule has 1 aromatic carbocycles. The molecule has 2 heterocycles. The zero-order valence-corrected chi connectivity index (χ0v) is 13.3. The van der Waals surface area contributed by atoms with Gasteiger partial charge in [0.2, 0.25) is 0 Å². The number of methoxy groups -OCH3 is 1. The van der Waals surface area contributed by atoms with E-state index in [-0.39, 0.29) is 5.91 Å². The van der Waals surface area contributed by atoms with Crippen LogP contribution in [-0.2, 0) is 9.47 Å². The molecule has 0 bridgehead atoms. The number of rotatable bonds is 3. The summed E-state index contributed by atoms with van der Waals surface area (Å²) in [6, 6.07) is 9.58. The maximum absolute atomic E-state index is 12.6. The molecule has 2 saturated heterocycles. The van der Waals surface area contributed by atoms with E-state index in [4.69, 9.17) is 9.47 Å². The molecule has 4 heteroatoms. The average Bonchev–Trinajstić information content (AvgIpc) is 2.58. The number of nitrogens with zero attached hydrogens (tertiary/aromatic N) is 1. The highest BCUT2D eigenvalue weighted by atomic mass is 16.5. The SMILES string of the molecule is COC[C@@H]1COCCC12CCN(C(=O)c1ccccc1)CC2. The van der Waals surface area contributed by atoms with Crippen LogP contribution in [0.25, 0.3) is 0 Å². The fraction of sp³-hybridized carbons (Fsp3) is 0.611. The summed E-state index contributed by atoms with van der Waals surface area (Å²) in [6.45, 7) is 4.07. The molecule has 2 fully saturated rings. The summed E-state index contributed by atoms with van der Waals surface area (Å²) in [7, 11) is 1.76. The molecule has 22 heavy (non-hydrogen) atoms. The molecule has 0 N–H and O–H groups in total. The highest BCUT2D eigenvalue weighted by Crippen LogP contribution is 2.44. The first kappa shape index (κ1) is 15.5. The number of likely N-dealkylation sites (tertiary alicyclic amines) is 1. The molecular weight excluding hydrogens is 278 g/mol. The minimum atomic E-state index is 0.158. The van der Waals surface area contributed by atoms with E-state index in [1.165, 1.54) is 0 Å². The second kappa shape index (κ2) is 6.80. The lowest BCUT2D eigenvalue weighted by molar-refractivity contribution is -0.0912. The lowest BCUT2D eigenvalue weighted by Gasteiger charge is -2.48. The summed E-state index contributed by atoms with van der Waals surface area (Å²) in [6.07, 6.45) is 3.21. The molecular formula is C18H25NO3. The number of hydrogen-bond acceptors (Lipinski definition) is 3. The van der Waals surface area contributed by atoms with Crippen LogP contribution in [0.1, 0.15) is 29.6 Å². The van der Waals surface area contributed by atoms with Gasteiger partial charge in [-0.3, -0.25) is 4.79 Å². The van der Waals surface area contributed by atoms with E-state index in [1.54, 1.807) is 7.11 Å². The van der Waals surface area contributed by atoms with Gasteiger partial charge in [0.15, 0.2) is 0 Å². The number of ether oxygens (including phenoxy) is 2. The summed E-state index contributed by atoms with van der Waals surface area (Å²) < 4.78 is 11.0. The average molecular weight is 303 g/mol. The Balaban J connectivity index is 1.65. The van der Waals surface area contributed by atoms with Gasteiger partial charge in [0.05, 0.1) is 13.2 Å². The molecule has 1 atom stereocenters. The van der Waals surface area contributed by atoms with Gasteiger partial charge in [-0.05, 0) is 36.8 Å². The topological polar surface area (TPSA) is 38.8 Å². The third-order valence-electron chi connectivity index (χ3n) is 5.36. The van der Waals surface area contributed by atoms with Gasteiger partial charge in [-0.2, -0.15) is 0 Å². The Morgan fingerprint density at radius 1 is 1.27 bits per heavy atom. The number of amides is 1. The highest BCUT2D eigenvalue weighted by molar-refractivity contribution is 5.94. The molecule has 4 nitrogen and oxygen atoms in total. The number of hydrogen-bond donors (Lipinski definition) is 0. The zero-order valence-electron chi connectivity index (χ0n) is 13.3. The van der Waals surface area contributed by atoms with Crippen LogP contribution in [0.2, 0.25) is 0 Å². The first-order chi connectivity index (χ1) is 10.7. The minimum absolute atomic E-state index is 0.158. The van der Waals surface area contributed by atoms with E-state index in [0.29, 0.717) is 11.3 Å². The fourth-order valence-electron chi connectivity index (χ4n) is 3.88. The molecule has 0 aromatic heterocycles. The Morgan fingerprint density at radius 2 is 2.00 bits per heavy atom. The Bertz CT molecular complexity index is 492. The van der Waals surface area contributed by atoms with Crippen molar-refractivity contribution in [1.82, 2.24) is 4.90 Å². The van der Waals surface area contributed by atoms with E-state index in [2.05, 4.69) is 0 Å². The van der Waals surface area contributed by atoms with Crippen molar-refractivity contribution in [1.29, 1.82) is 0 Å². The Morgan fingerprint density at radius 3 is 2.68 bits per heavy atom. The van der Waals surface area contributed by atoms with Gasteiger partial charge in [0, 0.05) is 38.3 Å². The van der Waals surface area contributed by atoms with Crippen molar-refractivity contribution in [3.05, 3.63) is 35.9 Å². The van der Waals surface area contributed by atoms with Crippen LogP contribution in [-0.4, -0.2) is 50.8 Å². The summed E-state index contributed by atoms with van der Waals surface area (Å²) in [5.41, 5.74) is 1.08. The van der Waals surface area contributed by atoms with Crippen LogP contribution >= 0.6 is 0 Å². The van der Waals surface area contributed by atoms with E-state index >= 15 is 0 Å². The molecule has 3 rings (SSSR count). The van der Waals surface area contributed by atoms with Crippen molar-refractivity contribution < 1.29 is 14.3 Å². The molecule has 120 valence electrons. The number of carbonyl (C=O) groups excluding carboxylic acids is 1. The normalized spacial score (nSPS) is 24.4. The maximum Gasteiger partial charge on any atom is 0.253 e. The van der Waals surface area contributed by atoms with Crippen LogP contribution in [0.4, 0.5) is 0 Å². The lowest BCUT2D eigenvalue weighted by atomic mass is 9.66. The van der Waals surface area contributed by atoms with Gasteiger partial charge in [-0.15, -0.1) is 0 Å². The molecule has 0 unspecified atom stereocenters. The van der Waals surface area contributed by atoms with Gasteiger partial charge < -0.3 is 14.4 Å². The highest BCUT2D eigenvalue weighted by Gasteiger charge is 2.44. The largest absolute Gasteiger partial charge is 0.384 e. The third-order valence-corrected chi connectivity index (χ3v) is 5.36. The summed E-state index contributed by atoms with van der Waals surface area (Å²) in [5, 5.41) is 0. The van der Waals surface area contributed by atoms with Crippen molar-refractivity contribution in [2.45, 2.75) is 19.3 Å². The molecule has 2 aliphatic rings. The third kappa shape index (κ3) is 3.03. The molecule has 0 aliphatic carbocycles. The van der Waals surface area contributed by atoms with Crippen LogP contribution in [0, 0.1) is 11.3 Å².